The van der Waals surface area contributed by atoms with Crippen LogP contribution in [0.5, 0.6) is 0 Å². The molecule has 0 heterocycles. The van der Waals surface area contributed by atoms with Gasteiger partial charge in [-0.15, -0.1) is 0 Å². The van der Waals surface area contributed by atoms with E-state index in [0.29, 0.717) is 11.0 Å². The summed E-state index contributed by atoms with van der Waals surface area (Å²) < 4.78 is 5.84. The van der Waals surface area contributed by atoms with Gasteiger partial charge in [-0.1, -0.05) is 0 Å². The van der Waals surface area contributed by atoms with Gasteiger partial charge in [-0.05, 0) is 48.0 Å². The standard InChI is InChI=1S/C12H16BrNO3/c1-12(2,17-3)7-14-8-4-5-9(11(15)16)10(13)6-8/h4-6,14H,7H2,1-3H3,(H,15,16). The zero-order valence-corrected chi connectivity index (χ0v) is 11.7. The molecule has 94 valence electrons. The van der Waals surface area contributed by atoms with Crippen molar-refractivity contribution in [1.82, 2.24) is 0 Å². The molecule has 0 atom stereocenters. The molecule has 0 fully saturated rings. The zero-order valence-electron chi connectivity index (χ0n) is 10.1. The molecular formula is C12H16BrNO3. The van der Waals surface area contributed by atoms with E-state index in [-0.39, 0.29) is 11.2 Å². The first-order chi connectivity index (χ1) is 7.85. The number of anilines is 1. The number of methoxy groups -OCH3 is 1. The topological polar surface area (TPSA) is 58.6 Å². The van der Waals surface area contributed by atoms with Gasteiger partial charge in [0.15, 0.2) is 0 Å². The number of ether oxygens (including phenoxy) is 1. The maximum absolute atomic E-state index is 10.8. The maximum Gasteiger partial charge on any atom is 0.336 e. The summed E-state index contributed by atoms with van der Waals surface area (Å²) in [5, 5.41) is 12.1. The van der Waals surface area contributed by atoms with Crippen LogP contribution in [0.15, 0.2) is 22.7 Å². The molecule has 0 aromatic heterocycles. The molecule has 0 radical (unpaired) electrons. The largest absolute Gasteiger partial charge is 0.478 e. The molecule has 0 unspecified atom stereocenters. The highest BCUT2D eigenvalue weighted by Crippen LogP contribution is 2.22. The fraction of sp³-hybridized carbons (Fsp3) is 0.417. The van der Waals surface area contributed by atoms with Crippen LogP contribution in [0.2, 0.25) is 0 Å². The number of halogens is 1. The summed E-state index contributed by atoms with van der Waals surface area (Å²) in [4.78, 5) is 10.8. The molecule has 0 amide bonds. The predicted octanol–water partition coefficient (Wildman–Crippen LogP) is 2.98. The van der Waals surface area contributed by atoms with E-state index in [9.17, 15) is 4.79 Å². The Bertz CT molecular complexity index is 418. The molecule has 0 saturated carbocycles. The molecule has 0 saturated heterocycles. The van der Waals surface area contributed by atoms with Crippen molar-refractivity contribution in [1.29, 1.82) is 0 Å². The Kier molecular flexibility index (Phi) is 4.54. The smallest absolute Gasteiger partial charge is 0.336 e. The van der Waals surface area contributed by atoms with Gasteiger partial charge in [0.1, 0.15) is 0 Å². The summed E-state index contributed by atoms with van der Waals surface area (Å²) in [6.07, 6.45) is 0. The number of carboxylic acids is 1. The average Bonchev–Trinajstić information content (AvgIpc) is 2.26. The molecule has 1 rings (SSSR count). The predicted molar refractivity (Wildman–Crippen MR) is 70.7 cm³/mol. The molecule has 0 aliphatic rings. The van der Waals surface area contributed by atoms with Crippen molar-refractivity contribution in [3.8, 4) is 0 Å². The quantitative estimate of drug-likeness (QED) is 0.878. The van der Waals surface area contributed by atoms with Gasteiger partial charge in [0.05, 0.1) is 11.2 Å². The van der Waals surface area contributed by atoms with Gasteiger partial charge >= 0.3 is 5.97 Å². The molecule has 1 aromatic carbocycles. The highest BCUT2D eigenvalue weighted by Gasteiger charge is 2.16. The van der Waals surface area contributed by atoms with E-state index in [0.717, 1.165) is 5.69 Å². The van der Waals surface area contributed by atoms with Gasteiger partial charge in [-0.3, -0.25) is 0 Å². The number of carbonyl (C=O) groups is 1. The van der Waals surface area contributed by atoms with Crippen molar-refractivity contribution in [2.45, 2.75) is 19.4 Å². The van der Waals surface area contributed by atoms with Crippen molar-refractivity contribution in [3.63, 3.8) is 0 Å². The lowest BCUT2D eigenvalue weighted by Gasteiger charge is -2.23. The maximum atomic E-state index is 10.8. The molecule has 0 aliphatic carbocycles. The summed E-state index contributed by atoms with van der Waals surface area (Å²) in [7, 11) is 1.66. The van der Waals surface area contributed by atoms with Crippen molar-refractivity contribution in [2.75, 3.05) is 19.0 Å². The van der Waals surface area contributed by atoms with Crippen LogP contribution in [-0.2, 0) is 4.74 Å². The zero-order chi connectivity index (χ0) is 13.1. The lowest BCUT2D eigenvalue weighted by molar-refractivity contribution is 0.0343. The van der Waals surface area contributed by atoms with Crippen LogP contribution < -0.4 is 5.32 Å². The van der Waals surface area contributed by atoms with E-state index < -0.39 is 5.97 Å². The second-order valence-electron chi connectivity index (χ2n) is 4.32. The van der Waals surface area contributed by atoms with Crippen LogP contribution >= 0.6 is 15.9 Å². The number of carboxylic acid groups (broad SMARTS) is 1. The lowest BCUT2D eigenvalue weighted by atomic mass is 10.1. The molecule has 5 heteroatoms. The highest BCUT2D eigenvalue weighted by molar-refractivity contribution is 9.10. The van der Waals surface area contributed by atoms with Crippen molar-refractivity contribution in [3.05, 3.63) is 28.2 Å². The van der Waals surface area contributed by atoms with Gasteiger partial charge in [-0.2, -0.15) is 0 Å². The fourth-order valence-electron chi connectivity index (χ4n) is 1.19. The molecule has 0 spiro atoms. The Labute approximate surface area is 109 Å². The number of aromatic carboxylic acids is 1. The minimum absolute atomic E-state index is 0.251. The molecule has 17 heavy (non-hydrogen) atoms. The van der Waals surface area contributed by atoms with Gasteiger partial charge in [0.2, 0.25) is 0 Å². The Morgan fingerprint density at radius 2 is 2.18 bits per heavy atom. The average molecular weight is 302 g/mol. The van der Waals surface area contributed by atoms with Crippen molar-refractivity contribution < 1.29 is 14.6 Å². The number of nitrogens with one attached hydrogen (secondary N) is 1. The van der Waals surface area contributed by atoms with E-state index in [1.165, 1.54) is 0 Å². The van der Waals surface area contributed by atoms with Crippen molar-refractivity contribution >= 4 is 27.6 Å². The van der Waals surface area contributed by atoms with Gasteiger partial charge in [-0.25, -0.2) is 4.79 Å². The van der Waals surface area contributed by atoms with Crippen LogP contribution in [0.4, 0.5) is 5.69 Å². The third-order valence-electron chi connectivity index (χ3n) is 2.47. The van der Waals surface area contributed by atoms with Gasteiger partial charge < -0.3 is 15.2 Å². The van der Waals surface area contributed by atoms with E-state index in [1.807, 2.05) is 13.8 Å². The second kappa shape index (κ2) is 5.51. The number of benzene rings is 1. The van der Waals surface area contributed by atoms with Crippen LogP contribution in [0, 0.1) is 0 Å². The first-order valence-electron chi connectivity index (χ1n) is 5.17. The van der Waals surface area contributed by atoms with E-state index in [4.69, 9.17) is 9.84 Å². The molecule has 4 nitrogen and oxygen atoms in total. The summed E-state index contributed by atoms with van der Waals surface area (Å²) >= 11 is 3.23. The normalized spacial score (nSPS) is 11.3. The Morgan fingerprint density at radius 1 is 1.53 bits per heavy atom. The molecule has 0 bridgehead atoms. The Hall–Kier alpha value is -1.07. The van der Waals surface area contributed by atoms with Gasteiger partial charge in [0, 0.05) is 23.8 Å². The van der Waals surface area contributed by atoms with Crippen LogP contribution in [0.3, 0.4) is 0 Å². The molecule has 2 N–H and O–H groups in total. The highest BCUT2D eigenvalue weighted by atomic mass is 79.9. The van der Waals surface area contributed by atoms with Crippen LogP contribution in [0.1, 0.15) is 24.2 Å². The SMILES string of the molecule is COC(C)(C)CNc1ccc(C(=O)O)c(Br)c1. The lowest BCUT2D eigenvalue weighted by Crippen LogP contribution is -2.32. The fourth-order valence-corrected chi connectivity index (χ4v) is 1.73. The Morgan fingerprint density at radius 3 is 2.65 bits per heavy atom. The summed E-state index contributed by atoms with van der Waals surface area (Å²) in [5.41, 5.74) is 0.839. The van der Waals surface area contributed by atoms with Gasteiger partial charge in [0.25, 0.3) is 0 Å². The first-order valence-corrected chi connectivity index (χ1v) is 5.97. The van der Waals surface area contributed by atoms with E-state index >= 15 is 0 Å². The monoisotopic (exact) mass is 301 g/mol. The molecule has 0 aliphatic heterocycles. The summed E-state index contributed by atoms with van der Waals surface area (Å²) in [5.74, 6) is -0.944. The van der Waals surface area contributed by atoms with E-state index in [2.05, 4.69) is 21.2 Å². The Balaban J connectivity index is 2.75. The number of hydrogen-bond acceptors (Lipinski definition) is 3. The summed E-state index contributed by atoms with van der Waals surface area (Å²) in [6, 6.07) is 5.05. The third-order valence-corrected chi connectivity index (χ3v) is 3.13. The summed E-state index contributed by atoms with van der Waals surface area (Å²) in [6.45, 7) is 4.59. The van der Waals surface area contributed by atoms with Crippen LogP contribution in [-0.4, -0.2) is 30.3 Å². The number of hydrogen-bond donors (Lipinski definition) is 2. The van der Waals surface area contributed by atoms with Crippen molar-refractivity contribution in [2.24, 2.45) is 0 Å². The first kappa shape index (κ1) is 14.0. The van der Waals surface area contributed by atoms with E-state index in [1.54, 1.807) is 25.3 Å². The second-order valence-corrected chi connectivity index (χ2v) is 5.17. The minimum atomic E-state index is -0.944. The van der Waals surface area contributed by atoms with Crippen LogP contribution in [0.25, 0.3) is 0 Å². The third kappa shape index (κ3) is 4.02. The molecular weight excluding hydrogens is 286 g/mol. The minimum Gasteiger partial charge on any atom is -0.478 e. The number of rotatable bonds is 5. The molecule has 1 aromatic rings.